The topological polar surface area (TPSA) is 74.8 Å². The molecule has 0 bridgehead atoms. The minimum Gasteiger partial charge on any atom is -0.338 e. The van der Waals surface area contributed by atoms with Gasteiger partial charge in [0.2, 0.25) is 0 Å². The Morgan fingerprint density at radius 1 is 1.39 bits per heavy atom. The van der Waals surface area contributed by atoms with Crippen molar-refractivity contribution in [1.29, 1.82) is 0 Å². The molecule has 1 heterocycles. The second-order valence-corrected chi connectivity index (χ2v) is 4.37. The first-order valence-electron chi connectivity index (χ1n) is 6.21. The van der Waals surface area contributed by atoms with Gasteiger partial charge in [-0.2, -0.15) is 0 Å². The molecule has 5 nitrogen and oxygen atoms in total. The molecule has 0 atom stereocenters. The average molecular weight is 248 g/mol. The van der Waals surface area contributed by atoms with Gasteiger partial charge in [0.05, 0.1) is 5.56 Å². The van der Waals surface area contributed by atoms with Crippen LogP contribution in [0.3, 0.4) is 0 Å². The highest BCUT2D eigenvalue weighted by Crippen LogP contribution is 2.13. The van der Waals surface area contributed by atoms with Crippen molar-refractivity contribution in [2.45, 2.75) is 26.4 Å². The molecule has 96 valence electrons. The lowest BCUT2D eigenvalue weighted by molar-refractivity contribution is -0.564. The normalized spacial score (nSPS) is 13.3. The lowest BCUT2D eigenvalue weighted by Crippen LogP contribution is -2.83. The van der Waals surface area contributed by atoms with Crippen molar-refractivity contribution in [1.82, 2.24) is 10.6 Å². The quantitative estimate of drug-likeness (QED) is 0.707. The van der Waals surface area contributed by atoms with Crippen molar-refractivity contribution < 1.29 is 14.9 Å². The first-order valence-corrected chi connectivity index (χ1v) is 6.21. The van der Waals surface area contributed by atoms with Gasteiger partial charge in [-0.25, -0.2) is 9.59 Å². The van der Waals surface area contributed by atoms with Crippen LogP contribution < -0.4 is 16.0 Å². The number of carbonyl (C=O) groups is 2. The Hall–Kier alpha value is -1.88. The molecule has 2 rings (SSSR count). The maximum atomic E-state index is 11.4. The molecule has 0 saturated heterocycles. The Bertz CT molecular complexity index is 471. The highest BCUT2D eigenvalue weighted by Gasteiger charge is 2.23. The molecule has 0 saturated carbocycles. The number of primary amides is 1. The molecule has 5 heteroatoms. The number of nitrogens with two attached hydrogens (primary N) is 1. The molecular formula is C13H18N3O2+. The largest absolute Gasteiger partial charge is 0.343 e. The zero-order valence-corrected chi connectivity index (χ0v) is 10.5. The molecule has 0 aliphatic carbocycles. The van der Waals surface area contributed by atoms with Crippen molar-refractivity contribution in [3.63, 3.8) is 0 Å². The second kappa shape index (κ2) is 5.64. The van der Waals surface area contributed by atoms with E-state index in [4.69, 9.17) is 0 Å². The molecule has 18 heavy (non-hydrogen) atoms. The van der Waals surface area contributed by atoms with Gasteiger partial charge in [-0.1, -0.05) is 13.0 Å². The third-order valence-electron chi connectivity index (χ3n) is 2.93. The van der Waals surface area contributed by atoms with Crippen molar-refractivity contribution in [3.8, 4) is 0 Å². The zero-order valence-electron chi connectivity index (χ0n) is 10.5. The monoisotopic (exact) mass is 248 g/mol. The van der Waals surface area contributed by atoms with Crippen molar-refractivity contribution in [2.24, 2.45) is 0 Å². The number of carbonyl (C=O) groups excluding carboxylic acids is 2. The summed E-state index contributed by atoms with van der Waals surface area (Å²) in [7, 11) is 0. The van der Waals surface area contributed by atoms with E-state index in [0.717, 1.165) is 23.1 Å². The van der Waals surface area contributed by atoms with Gasteiger partial charge in [-0.15, -0.1) is 0 Å². The summed E-state index contributed by atoms with van der Waals surface area (Å²) in [6.07, 6.45) is 0.921. The molecule has 0 spiro atoms. The van der Waals surface area contributed by atoms with Crippen LogP contribution in [0.4, 0.5) is 4.79 Å². The SMILES string of the molecule is CCCNC(=O)NCc1ccc2c(c1)C[NH2+]C2=O. The number of hydrogen-bond donors (Lipinski definition) is 3. The Morgan fingerprint density at radius 3 is 3.00 bits per heavy atom. The summed E-state index contributed by atoms with van der Waals surface area (Å²) >= 11 is 0. The van der Waals surface area contributed by atoms with E-state index in [1.165, 1.54) is 0 Å². The van der Waals surface area contributed by atoms with E-state index in [-0.39, 0.29) is 11.9 Å². The third kappa shape index (κ3) is 2.87. The molecule has 4 N–H and O–H groups in total. The van der Waals surface area contributed by atoms with Gasteiger partial charge in [0.1, 0.15) is 6.54 Å². The van der Waals surface area contributed by atoms with Crippen LogP contribution in [0, 0.1) is 0 Å². The minimum absolute atomic E-state index is 0.102. The molecule has 0 aromatic heterocycles. The number of hydrogen-bond acceptors (Lipinski definition) is 2. The second-order valence-electron chi connectivity index (χ2n) is 4.37. The lowest BCUT2D eigenvalue weighted by atomic mass is 10.1. The van der Waals surface area contributed by atoms with Crippen LogP contribution in [0.25, 0.3) is 0 Å². The minimum atomic E-state index is -0.153. The number of benzene rings is 1. The maximum Gasteiger partial charge on any atom is 0.343 e. The van der Waals surface area contributed by atoms with Gasteiger partial charge in [-0.3, -0.25) is 5.32 Å². The zero-order chi connectivity index (χ0) is 13.0. The molecule has 0 radical (unpaired) electrons. The van der Waals surface area contributed by atoms with Crippen LogP contribution in [0.1, 0.15) is 34.8 Å². The summed E-state index contributed by atoms with van der Waals surface area (Å²) in [4.78, 5) is 22.8. The molecule has 1 aromatic rings. The molecule has 0 fully saturated rings. The van der Waals surface area contributed by atoms with E-state index in [9.17, 15) is 9.59 Å². The van der Waals surface area contributed by atoms with Gasteiger partial charge in [0.25, 0.3) is 0 Å². The van der Waals surface area contributed by atoms with Gasteiger partial charge >= 0.3 is 11.9 Å². The van der Waals surface area contributed by atoms with E-state index in [0.29, 0.717) is 19.6 Å². The van der Waals surface area contributed by atoms with Crippen LogP contribution >= 0.6 is 0 Å². The van der Waals surface area contributed by atoms with E-state index in [2.05, 4.69) is 10.6 Å². The highest BCUT2D eigenvalue weighted by molar-refractivity contribution is 5.90. The fraction of sp³-hybridized carbons (Fsp3) is 0.385. The predicted molar refractivity (Wildman–Crippen MR) is 66.9 cm³/mol. The van der Waals surface area contributed by atoms with Crippen LogP contribution in [0.2, 0.25) is 0 Å². The predicted octanol–water partition coefficient (Wildman–Crippen LogP) is 0.113. The number of amides is 3. The lowest BCUT2D eigenvalue weighted by Gasteiger charge is -2.07. The molecule has 1 aliphatic heterocycles. The number of quaternary nitrogens is 1. The number of nitrogens with one attached hydrogen (secondary N) is 2. The number of urea groups is 1. The van der Waals surface area contributed by atoms with Crippen LogP contribution in [-0.4, -0.2) is 18.5 Å². The average Bonchev–Trinajstić information content (AvgIpc) is 2.75. The van der Waals surface area contributed by atoms with E-state index in [1.54, 1.807) is 5.32 Å². The van der Waals surface area contributed by atoms with Crippen LogP contribution in [-0.2, 0) is 13.1 Å². The van der Waals surface area contributed by atoms with Gasteiger partial charge < -0.3 is 10.6 Å². The summed E-state index contributed by atoms with van der Waals surface area (Å²) in [5, 5.41) is 7.23. The molecule has 3 amide bonds. The standard InChI is InChI=1S/C13H17N3O2/c1-2-5-14-13(18)16-7-9-3-4-11-10(6-9)8-15-12(11)17/h3-4,6H,2,5,7-8H2,1H3,(H,15,17)(H2,14,16,18)/p+1. The molecular weight excluding hydrogens is 230 g/mol. The Balaban J connectivity index is 1.91. The summed E-state index contributed by atoms with van der Waals surface area (Å²) in [5.74, 6) is 0.102. The van der Waals surface area contributed by atoms with E-state index < -0.39 is 0 Å². The Labute approximate surface area is 106 Å². The maximum absolute atomic E-state index is 11.4. The fourth-order valence-corrected chi connectivity index (χ4v) is 1.96. The number of rotatable bonds is 4. The molecule has 1 aromatic carbocycles. The molecule has 1 aliphatic rings. The summed E-state index contributed by atoms with van der Waals surface area (Å²) in [6, 6.07) is 5.55. The summed E-state index contributed by atoms with van der Waals surface area (Å²) in [5.41, 5.74) is 2.85. The first kappa shape index (κ1) is 12.6. The van der Waals surface area contributed by atoms with E-state index >= 15 is 0 Å². The Morgan fingerprint density at radius 2 is 2.22 bits per heavy atom. The summed E-state index contributed by atoms with van der Waals surface area (Å²) < 4.78 is 0. The fourth-order valence-electron chi connectivity index (χ4n) is 1.96. The Kier molecular flexibility index (Phi) is 3.94. The van der Waals surface area contributed by atoms with Crippen molar-refractivity contribution in [3.05, 3.63) is 34.9 Å². The summed E-state index contributed by atoms with van der Waals surface area (Å²) in [6.45, 7) is 3.87. The van der Waals surface area contributed by atoms with E-state index in [1.807, 2.05) is 25.1 Å². The van der Waals surface area contributed by atoms with Gasteiger partial charge in [-0.05, 0) is 24.1 Å². The number of fused-ring (bicyclic) bond motifs is 1. The van der Waals surface area contributed by atoms with Crippen molar-refractivity contribution in [2.75, 3.05) is 6.54 Å². The van der Waals surface area contributed by atoms with Crippen molar-refractivity contribution >= 4 is 11.9 Å². The van der Waals surface area contributed by atoms with Crippen LogP contribution in [0.15, 0.2) is 18.2 Å². The first-order chi connectivity index (χ1) is 8.70. The van der Waals surface area contributed by atoms with Gasteiger partial charge in [0.15, 0.2) is 0 Å². The van der Waals surface area contributed by atoms with Gasteiger partial charge in [0, 0.05) is 18.7 Å². The third-order valence-corrected chi connectivity index (χ3v) is 2.93. The highest BCUT2D eigenvalue weighted by atomic mass is 16.2. The molecule has 0 unspecified atom stereocenters. The van der Waals surface area contributed by atoms with Crippen LogP contribution in [0.5, 0.6) is 0 Å². The smallest absolute Gasteiger partial charge is 0.338 e.